The average Bonchev–Trinajstić information content (AvgIpc) is 3.39. The normalized spacial score (nSPS) is 13.6. The Balaban J connectivity index is 1.64. The predicted octanol–water partition coefficient (Wildman–Crippen LogP) is 2.69. The van der Waals surface area contributed by atoms with Crippen LogP contribution in [0.15, 0.2) is 30.7 Å². The van der Waals surface area contributed by atoms with Crippen LogP contribution in [-0.2, 0) is 6.54 Å². The van der Waals surface area contributed by atoms with Gasteiger partial charge in [-0.1, -0.05) is 0 Å². The molecule has 1 aliphatic carbocycles. The van der Waals surface area contributed by atoms with Crippen molar-refractivity contribution in [1.29, 1.82) is 0 Å². The minimum Gasteiger partial charge on any atom is -0.490 e. The van der Waals surface area contributed by atoms with Gasteiger partial charge in [0.15, 0.2) is 5.82 Å². The zero-order chi connectivity index (χ0) is 17.8. The topological polar surface area (TPSA) is 73.3 Å². The van der Waals surface area contributed by atoms with Gasteiger partial charge < -0.3 is 14.8 Å². The summed E-state index contributed by atoms with van der Waals surface area (Å²) in [6.07, 6.45) is 6.29. The van der Waals surface area contributed by atoms with Crippen molar-refractivity contribution in [3.63, 3.8) is 0 Å². The highest BCUT2D eigenvalue weighted by Crippen LogP contribution is 2.28. The molecule has 1 saturated carbocycles. The molecule has 0 saturated heterocycles. The van der Waals surface area contributed by atoms with Gasteiger partial charge in [0.2, 0.25) is 0 Å². The number of amides is 1. The van der Waals surface area contributed by atoms with Crippen molar-refractivity contribution in [2.45, 2.75) is 32.1 Å². The van der Waals surface area contributed by atoms with E-state index in [0.29, 0.717) is 11.3 Å². The van der Waals surface area contributed by atoms with Crippen molar-refractivity contribution in [2.24, 2.45) is 0 Å². The van der Waals surface area contributed by atoms with Crippen molar-refractivity contribution in [3.05, 3.63) is 47.7 Å². The molecule has 0 atom stereocenters. The second-order valence-corrected chi connectivity index (χ2v) is 5.37. The van der Waals surface area contributed by atoms with Crippen molar-refractivity contribution >= 4 is 5.91 Å². The first-order valence-electron chi connectivity index (χ1n) is 7.51. The Labute approximate surface area is 141 Å². The maximum Gasteiger partial charge on any atom is 0.388 e. The molecule has 1 N–H and O–H groups in total. The Morgan fingerprint density at radius 2 is 2.16 bits per heavy atom. The maximum absolute atomic E-state index is 13.6. The number of rotatable bonds is 7. The van der Waals surface area contributed by atoms with Gasteiger partial charge in [-0.05, 0) is 25.0 Å². The van der Waals surface area contributed by atoms with Crippen molar-refractivity contribution in [1.82, 2.24) is 15.3 Å². The fourth-order valence-electron chi connectivity index (χ4n) is 2.03. The van der Waals surface area contributed by atoms with Crippen LogP contribution in [0.4, 0.5) is 13.2 Å². The molecule has 3 rings (SSSR count). The van der Waals surface area contributed by atoms with E-state index in [0.717, 1.165) is 25.1 Å². The van der Waals surface area contributed by atoms with Gasteiger partial charge >= 0.3 is 6.61 Å². The molecule has 1 fully saturated rings. The summed E-state index contributed by atoms with van der Waals surface area (Å²) in [5, 5.41) is 2.58. The summed E-state index contributed by atoms with van der Waals surface area (Å²) < 4.78 is 47.4. The van der Waals surface area contributed by atoms with Crippen LogP contribution in [0.2, 0.25) is 0 Å². The van der Waals surface area contributed by atoms with E-state index in [9.17, 15) is 18.0 Å². The van der Waals surface area contributed by atoms with E-state index in [2.05, 4.69) is 20.0 Å². The third-order valence-electron chi connectivity index (χ3n) is 3.39. The van der Waals surface area contributed by atoms with E-state index in [1.54, 1.807) is 18.5 Å². The third kappa shape index (κ3) is 4.59. The van der Waals surface area contributed by atoms with Gasteiger partial charge in [0.05, 0.1) is 11.7 Å². The molecule has 2 aromatic rings. The Hall–Kier alpha value is -2.84. The lowest BCUT2D eigenvalue weighted by molar-refractivity contribution is -0.0553. The van der Waals surface area contributed by atoms with Crippen LogP contribution >= 0.6 is 0 Å². The van der Waals surface area contributed by atoms with Crippen LogP contribution in [0.5, 0.6) is 11.6 Å². The number of alkyl halides is 2. The monoisotopic (exact) mass is 353 g/mol. The number of carbonyl (C=O) groups excluding carboxylic acids is 1. The molecule has 1 aliphatic rings. The predicted molar refractivity (Wildman–Crippen MR) is 79.9 cm³/mol. The lowest BCUT2D eigenvalue weighted by Gasteiger charge is -2.11. The number of hydrogen-bond acceptors (Lipinski definition) is 5. The fraction of sp³-hybridized carbons (Fsp3) is 0.312. The summed E-state index contributed by atoms with van der Waals surface area (Å²) in [5.41, 5.74) is 0.557. The van der Waals surface area contributed by atoms with Crippen LogP contribution in [0.25, 0.3) is 0 Å². The zero-order valence-corrected chi connectivity index (χ0v) is 12.9. The molecule has 0 aromatic carbocycles. The van der Waals surface area contributed by atoms with Gasteiger partial charge in [-0.25, -0.2) is 9.37 Å². The van der Waals surface area contributed by atoms with E-state index < -0.39 is 24.2 Å². The molecule has 0 unspecified atom stereocenters. The fourth-order valence-corrected chi connectivity index (χ4v) is 2.03. The summed E-state index contributed by atoms with van der Waals surface area (Å²) in [6.45, 7) is -3.08. The molecular weight excluding hydrogens is 339 g/mol. The van der Waals surface area contributed by atoms with Gasteiger partial charge in [0.25, 0.3) is 11.8 Å². The number of ether oxygens (including phenoxy) is 2. The van der Waals surface area contributed by atoms with E-state index in [-0.39, 0.29) is 18.2 Å². The number of pyridine rings is 2. The molecular formula is C16H14F3N3O3. The second-order valence-electron chi connectivity index (χ2n) is 5.37. The standard InChI is InChI=1S/C16H14F3N3O3/c17-12-5-9(7-22-15(12)25-16(18)19)14(23)21-8-10-6-20-4-3-13(10)24-11-1-2-11/h3-7,11,16H,1-2,8H2,(H,21,23). The van der Waals surface area contributed by atoms with E-state index in [1.165, 1.54) is 0 Å². The number of hydrogen-bond donors (Lipinski definition) is 1. The highest BCUT2D eigenvalue weighted by molar-refractivity contribution is 5.93. The van der Waals surface area contributed by atoms with Crippen LogP contribution in [0.3, 0.4) is 0 Å². The lowest BCUT2D eigenvalue weighted by Crippen LogP contribution is -2.23. The van der Waals surface area contributed by atoms with E-state index >= 15 is 0 Å². The quantitative estimate of drug-likeness (QED) is 0.829. The average molecular weight is 353 g/mol. The molecule has 0 spiro atoms. The third-order valence-corrected chi connectivity index (χ3v) is 3.39. The molecule has 6 nitrogen and oxygen atoms in total. The lowest BCUT2D eigenvalue weighted by atomic mass is 10.2. The highest BCUT2D eigenvalue weighted by Gasteiger charge is 2.24. The summed E-state index contributed by atoms with van der Waals surface area (Å²) in [7, 11) is 0. The number of carbonyl (C=O) groups is 1. The van der Waals surface area contributed by atoms with Crippen molar-refractivity contribution in [2.75, 3.05) is 0 Å². The van der Waals surface area contributed by atoms with Crippen LogP contribution in [0.1, 0.15) is 28.8 Å². The first-order valence-corrected chi connectivity index (χ1v) is 7.51. The molecule has 0 radical (unpaired) electrons. The molecule has 9 heteroatoms. The minimum atomic E-state index is -3.20. The Kier molecular flexibility index (Phi) is 5.01. The van der Waals surface area contributed by atoms with Crippen molar-refractivity contribution < 1.29 is 27.4 Å². The highest BCUT2D eigenvalue weighted by atomic mass is 19.3. The summed E-state index contributed by atoms with van der Waals surface area (Å²) in [4.78, 5) is 19.5. The maximum atomic E-state index is 13.6. The molecule has 25 heavy (non-hydrogen) atoms. The Morgan fingerprint density at radius 1 is 1.36 bits per heavy atom. The minimum absolute atomic E-state index is 0.117. The van der Waals surface area contributed by atoms with E-state index in [4.69, 9.17) is 4.74 Å². The first-order chi connectivity index (χ1) is 12.0. The number of halogens is 3. The van der Waals surface area contributed by atoms with Crippen LogP contribution in [-0.4, -0.2) is 28.6 Å². The second kappa shape index (κ2) is 7.37. The zero-order valence-electron chi connectivity index (χ0n) is 12.9. The first kappa shape index (κ1) is 17.0. The molecule has 2 aromatic heterocycles. The molecule has 2 heterocycles. The summed E-state index contributed by atoms with van der Waals surface area (Å²) in [6, 6.07) is 2.49. The van der Waals surface area contributed by atoms with Crippen molar-refractivity contribution in [3.8, 4) is 11.6 Å². The largest absolute Gasteiger partial charge is 0.490 e. The molecule has 0 bridgehead atoms. The Bertz CT molecular complexity index is 769. The molecule has 0 aliphatic heterocycles. The van der Waals surface area contributed by atoms with Gasteiger partial charge in [-0.15, -0.1) is 0 Å². The number of aromatic nitrogens is 2. The molecule has 132 valence electrons. The van der Waals surface area contributed by atoms with Gasteiger partial charge in [0.1, 0.15) is 5.75 Å². The Morgan fingerprint density at radius 3 is 2.84 bits per heavy atom. The molecule has 1 amide bonds. The van der Waals surface area contributed by atoms with Gasteiger partial charge in [-0.3, -0.25) is 9.78 Å². The summed E-state index contributed by atoms with van der Waals surface area (Å²) >= 11 is 0. The smallest absolute Gasteiger partial charge is 0.388 e. The SMILES string of the molecule is O=C(NCc1cnccc1OC1CC1)c1cnc(OC(F)F)c(F)c1. The number of nitrogens with zero attached hydrogens (tertiary/aromatic N) is 2. The summed E-state index contributed by atoms with van der Waals surface area (Å²) in [5.74, 6) is -2.00. The van der Waals surface area contributed by atoms with E-state index in [1.807, 2.05) is 0 Å². The van der Waals surface area contributed by atoms with Gasteiger partial charge in [-0.2, -0.15) is 8.78 Å². The van der Waals surface area contributed by atoms with Crippen LogP contribution < -0.4 is 14.8 Å². The van der Waals surface area contributed by atoms with Gasteiger partial charge in [0, 0.05) is 30.7 Å². The number of nitrogens with one attached hydrogen (secondary N) is 1. The van der Waals surface area contributed by atoms with Crippen LogP contribution in [0, 0.1) is 5.82 Å².